The zero-order valence-corrected chi connectivity index (χ0v) is 19.3. The Hall–Kier alpha value is -3.87. The highest BCUT2D eigenvalue weighted by atomic mass is 16.5. The first-order valence-corrected chi connectivity index (χ1v) is 11.1. The summed E-state index contributed by atoms with van der Waals surface area (Å²) in [5.41, 5.74) is 5.03. The summed E-state index contributed by atoms with van der Waals surface area (Å²) in [5, 5.41) is 2.90. The number of ether oxygens (including phenoxy) is 1. The van der Waals surface area contributed by atoms with E-state index in [0.717, 1.165) is 22.3 Å². The fraction of sp³-hybridized carbons (Fsp3) is 0.269. The number of pyridine rings is 2. The molecular formula is C26H28N4O3. The van der Waals surface area contributed by atoms with Crippen molar-refractivity contribution in [2.24, 2.45) is 0 Å². The molecule has 1 amide bonds. The van der Waals surface area contributed by atoms with E-state index in [2.05, 4.69) is 35.2 Å². The van der Waals surface area contributed by atoms with Gasteiger partial charge in [-0.1, -0.05) is 44.2 Å². The highest BCUT2D eigenvalue weighted by molar-refractivity contribution is 5.95. The molecule has 3 aromatic heterocycles. The van der Waals surface area contributed by atoms with Crippen molar-refractivity contribution in [3.05, 3.63) is 87.9 Å². The maximum atomic E-state index is 13.3. The zero-order chi connectivity index (χ0) is 23.5. The predicted octanol–water partition coefficient (Wildman–Crippen LogP) is 4.45. The van der Waals surface area contributed by atoms with E-state index in [1.807, 2.05) is 43.3 Å². The van der Waals surface area contributed by atoms with Gasteiger partial charge in [-0.05, 0) is 49.1 Å². The molecule has 0 atom stereocenters. The molecule has 1 aromatic carbocycles. The van der Waals surface area contributed by atoms with Gasteiger partial charge < -0.3 is 15.0 Å². The number of aryl methyl sites for hydroxylation is 1. The molecule has 0 spiro atoms. The van der Waals surface area contributed by atoms with Crippen LogP contribution in [0, 0.1) is 6.92 Å². The van der Waals surface area contributed by atoms with Gasteiger partial charge in [0.05, 0.1) is 29.9 Å². The molecule has 0 unspecified atom stereocenters. The molecule has 7 heteroatoms. The first-order chi connectivity index (χ1) is 15.9. The van der Waals surface area contributed by atoms with Crippen LogP contribution >= 0.6 is 0 Å². The second kappa shape index (κ2) is 9.32. The minimum absolute atomic E-state index is 0.0482. The molecule has 0 aliphatic carbocycles. The number of rotatable bonds is 7. The van der Waals surface area contributed by atoms with Crippen molar-refractivity contribution in [3.8, 4) is 16.9 Å². The summed E-state index contributed by atoms with van der Waals surface area (Å²) < 4.78 is 7.43. The molecule has 4 aromatic rings. The summed E-state index contributed by atoms with van der Waals surface area (Å²) in [6, 6.07) is 15.6. The van der Waals surface area contributed by atoms with Crippen LogP contribution in [0.1, 0.15) is 54.1 Å². The van der Waals surface area contributed by atoms with Gasteiger partial charge in [0, 0.05) is 5.69 Å². The average Bonchev–Trinajstić information content (AvgIpc) is 3.23. The van der Waals surface area contributed by atoms with Gasteiger partial charge in [-0.3, -0.25) is 14.0 Å². The summed E-state index contributed by atoms with van der Waals surface area (Å²) in [4.78, 5) is 33.2. The number of imidazole rings is 1. The van der Waals surface area contributed by atoms with E-state index in [0.29, 0.717) is 29.3 Å². The third-order valence-electron chi connectivity index (χ3n) is 5.52. The van der Waals surface area contributed by atoms with Crippen molar-refractivity contribution in [2.75, 3.05) is 6.61 Å². The summed E-state index contributed by atoms with van der Waals surface area (Å²) in [7, 11) is 0. The van der Waals surface area contributed by atoms with E-state index in [9.17, 15) is 9.59 Å². The van der Waals surface area contributed by atoms with E-state index in [4.69, 9.17) is 4.74 Å². The number of hydrogen-bond acceptors (Lipinski definition) is 4. The Kier molecular flexibility index (Phi) is 6.31. The van der Waals surface area contributed by atoms with Gasteiger partial charge in [0.1, 0.15) is 17.8 Å². The van der Waals surface area contributed by atoms with Gasteiger partial charge in [-0.2, -0.15) is 0 Å². The van der Waals surface area contributed by atoms with E-state index in [1.54, 1.807) is 23.7 Å². The van der Waals surface area contributed by atoms with Gasteiger partial charge in [-0.15, -0.1) is 0 Å². The van der Waals surface area contributed by atoms with Crippen molar-refractivity contribution in [3.63, 3.8) is 0 Å². The quantitative estimate of drug-likeness (QED) is 0.441. The number of benzene rings is 1. The molecule has 170 valence electrons. The van der Waals surface area contributed by atoms with Gasteiger partial charge in [0.2, 0.25) is 0 Å². The Balaban J connectivity index is 1.74. The molecule has 0 radical (unpaired) electrons. The lowest BCUT2D eigenvalue weighted by molar-refractivity contribution is 0.0944. The van der Waals surface area contributed by atoms with E-state index >= 15 is 0 Å². The topological polar surface area (TPSA) is 88.5 Å². The highest BCUT2D eigenvalue weighted by Crippen LogP contribution is 2.27. The number of aromatic amines is 1. The van der Waals surface area contributed by atoms with Gasteiger partial charge in [0.25, 0.3) is 11.5 Å². The number of nitrogens with zero attached hydrogens (tertiary/aromatic N) is 2. The maximum Gasteiger partial charge on any atom is 0.268 e. The van der Waals surface area contributed by atoms with Crippen molar-refractivity contribution in [1.82, 2.24) is 19.7 Å². The Labute approximate surface area is 192 Å². The number of aromatic nitrogens is 3. The third kappa shape index (κ3) is 4.53. The van der Waals surface area contributed by atoms with Gasteiger partial charge in [-0.25, -0.2) is 4.98 Å². The van der Waals surface area contributed by atoms with Crippen molar-refractivity contribution in [1.29, 1.82) is 0 Å². The molecule has 4 rings (SSSR count). The van der Waals surface area contributed by atoms with Crippen LogP contribution < -0.4 is 15.6 Å². The van der Waals surface area contributed by atoms with Crippen LogP contribution in [0.25, 0.3) is 16.6 Å². The van der Waals surface area contributed by atoms with Crippen LogP contribution in [0.5, 0.6) is 5.75 Å². The third-order valence-corrected chi connectivity index (χ3v) is 5.52. The van der Waals surface area contributed by atoms with Crippen LogP contribution in [-0.2, 0) is 6.54 Å². The monoisotopic (exact) mass is 444 g/mol. The summed E-state index contributed by atoms with van der Waals surface area (Å²) in [5.74, 6) is 0.386. The van der Waals surface area contributed by atoms with E-state index in [1.165, 1.54) is 0 Å². The van der Waals surface area contributed by atoms with Gasteiger partial charge in [0.15, 0.2) is 0 Å². The smallest absolute Gasteiger partial charge is 0.268 e. The van der Waals surface area contributed by atoms with E-state index < -0.39 is 0 Å². The molecule has 2 N–H and O–H groups in total. The largest absolute Gasteiger partial charge is 0.493 e. The molecule has 0 aliphatic rings. The molecule has 7 nitrogen and oxygen atoms in total. The van der Waals surface area contributed by atoms with E-state index in [-0.39, 0.29) is 23.9 Å². The van der Waals surface area contributed by atoms with Crippen molar-refractivity contribution >= 4 is 11.4 Å². The lowest BCUT2D eigenvalue weighted by atomic mass is 10.0. The molecule has 0 saturated carbocycles. The fourth-order valence-corrected chi connectivity index (χ4v) is 3.93. The number of nitrogens with one attached hydrogen (secondary N) is 2. The molecular weight excluding hydrogens is 416 g/mol. The van der Waals surface area contributed by atoms with Crippen LogP contribution in [0.15, 0.2) is 59.7 Å². The summed E-state index contributed by atoms with van der Waals surface area (Å²) in [6.45, 7) is 8.29. The molecule has 0 saturated heterocycles. The highest BCUT2D eigenvalue weighted by Gasteiger charge is 2.18. The first kappa shape index (κ1) is 22.3. The van der Waals surface area contributed by atoms with Crippen LogP contribution in [-0.4, -0.2) is 26.9 Å². The molecule has 3 heterocycles. The van der Waals surface area contributed by atoms with Crippen LogP contribution in [0.2, 0.25) is 0 Å². The minimum Gasteiger partial charge on any atom is -0.493 e. The van der Waals surface area contributed by atoms with Crippen LogP contribution in [0.4, 0.5) is 0 Å². The first-order valence-electron chi connectivity index (χ1n) is 11.1. The lowest BCUT2D eigenvalue weighted by Gasteiger charge is -2.13. The number of fused-ring (bicyclic) bond motifs is 1. The van der Waals surface area contributed by atoms with Crippen LogP contribution in [0.3, 0.4) is 0 Å². The number of amides is 1. The second-order valence-electron chi connectivity index (χ2n) is 8.28. The number of hydrogen-bond donors (Lipinski definition) is 2. The fourth-order valence-electron chi connectivity index (χ4n) is 3.93. The Bertz CT molecular complexity index is 1350. The zero-order valence-electron chi connectivity index (χ0n) is 19.3. The molecule has 0 bridgehead atoms. The normalized spacial score (nSPS) is 11.2. The van der Waals surface area contributed by atoms with Crippen molar-refractivity contribution in [2.45, 2.75) is 40.2 Å². The second-order valence-corrected chi connectivity index (χ2v) is 8.28. The number of carbonyl (C=O) groups is 1. The SMILES string of the molecule is CCOc1cc(C)[nH]c(=O)c1CNC(=O)c1cc(-c2ccccc2)cc2c(C(C)C)ncn12. The molecule has 33 heavy (non-hydrogen) atoms. The molecule has 0 aliphatic heterocycles. The van der Waals surface area contributed by atoms with Gasteiger partial charge >= 0.3 is 0 Å². The standard InChI is InChI=1S/C26H28N4O3/c1-5-33-23-11-17(4)29-25(31)20(23)14-27-26(32)22-13-19(18-9-7-6-8-10-18)12-21-24(16(2)3)28-15-30(21)22/h6-13,15-16H,5,14H2,1-4H3,(H,27,32)(H,29,31). The lowest BCUT2D eigenvalue weighted by Crippen LogP contribution is -2.29. The Morgan fingerprint density at radius 2 is 1.91 bits per heavy atom. The maximum absolute atomic E-state index is 13.3. The Morgan fingerprint density at radius 1 is 1.15 bits per heavy atom. The predicted molar refractivity (Wildman–Crippen MR) is 129 cm³/mol. The minimum atomic E-state index is -0.298. The number of carbonyl (C=O) groups excluding carboxylic acids is 1. The van der Waals surface area contributed by atoms with Crippen molar-refractivity contribution < 1.29 is 9.53 Å². The summed E-state index contributed by atoms with van der Waals surface area (Å²) >= 11 is 0. The molecule has 0 fully saturated rings. The Morgan fingerprint density at radius 3 is 2.61 bits per heavy atom. The average molecular weight is 445 g/mol. The summed E-state index contributed by atoms with van der Waals surface area (Å²) in [6.07, 6.45) is 1.68. The number of H-pyrrole nitrogens is 1.